The maximum atomic E-state index is 8.71. The fraction of sp³-hybridized carbons (Fsp3) is 0.333. The second kappa shape index (κ2) is 7.79. The Morgan fingerprint density at radius 2 is 2.00 bits per heavy atom. The molecular weight excluding hydrogens is 240 g/mol. The Bertz CT molecular complexity index is 520. The smallest absolute Gasteiger partial charge is 0.161 e. The molecule has 1 rings (SSSR count). The van der Waals surface area contributed by atoms with Crippen LogP contribution in [0.5, 0.6) is 11.5 Å². The normalized spacial score (nSPS) is 9.05. The molecule has 0 fully saturated rings. The average Bonchev–Trinajstić information content (AvgIpc) is 2.46. The molecule has 0 aromatic heterocycles. The summed E-state index contributed by atoms with van der Waals surface area (Å²) in [4.78, 5) is 0. The van der Waals surface area contributed by atoms with Crippen molar-refractivity contribution in [1.82, 2.24) is 0 Å². The van der Waals surface area contributed by atoms with Gasteiger partial charge in [0.15, 0.2) is 11.5 Å². The fourth-order valence-electron chi connectivity index (χ4n) is 1.48. The molecule has 0 aliphatic rings. The van der Waals surface area contributed by atoms with Crippen molar-refractivity contribution in [2.24, 2.45) is 0 Å². The summed E-state index contributed by atoms with van der Waals surface area (Å²) in [7, 11) is 1.56. The molecule has 1 aromatic rings. The molecule has 0 radical (unpaired) electrons. The van der Waals surface area contributed by atoms with Crippen LogP contribution in [0.15, 0.2) is 23.8 Å². The summed E-state index contributed by atoms with van der Waals surface area (Å²) in [5.41, 5.74) is 0.791. The van der Waals surface area contributed by atoms with E-state index < -0.39 is 0 Å². The first kappa shape index (κ1) is 14.6. The second-order valence-corrected chi connectivity index (χ2v) is 3.89. The van der Waals surface area contributed by atoms with E-state index in [4.69, 9.17) is 20.0 Å². The highest BCUT2D eigenvalue weighted by Gasteiger charge is 2.05. The van der Waals surface area contributed by atoms with Crippen molar-refractivity contribution in [3.8, 4) is 23.6 Å². The van der Waals surface area contributed by atoms with E-state index >= 15 is 0 Å². The topological polar surface area (TPSA) is 66.0 Å². The molecule has 1 aromatic carbocycles. The number of unbranched alkanes of at least 4 members (excludes halogenated alkanes) is 1. The largest absolute Gasteiger partial charge is 0.493 e. The third-order valence-electron chi connectivity index (χ3n) is 2.50. The first-order chi connectivity index (χ1) is 9.24. The Kier molecular flexibility index (Phi) is 5.98. The zero-order chi connectivity index (χ0) is 14.1. The lowest BCUT2D eigenvalue weighted by Crippen LogP contribution is -1.98. The summed E-state index contributed by atoms with van der Waals surface area (Å²) in [6.07, 6.45) is 3.56. The summed E-state index contributed by atoms with van der Waals surface area (Å²) in [6, 6.07) is 8.96. The monoisotopic (exact) mass is 256 g/mol. The number of nitrogens with zero attached hydrogens (tertiary/aromatic N) is 2. The predicted octanol–water partition coefficient (Wildman–Crippen LogP) is 3.30. The lowest BCUT2D eigenvalue weighted by molar-refractivity contribution is 0.288. The number of allylic oxidation sites excluding steroid dienone is 1. The number of benzene rings is 1. The quantitative estimate of drug-likeness (QED) is 0.578. The van der Waals surface area contributed by atoms with E-state index in [9.17, 15) is 0 Å². The number of nitriles is 2. The summed E-state index contributed by atoms with van der Waals surface area (Å²) in [5.74, 6) is 1.27. The molecule has 0 heterocycles. The highest BCUT2D eigenvalue weighted by Crippen LogP contribution is 2.29. The second-order valence-electron chi connectivity index (χ2n) is 3.89. The maximum absolute atomic E-state index is 8.71. The molecule has 0 saturated carbocycles. The molecule has 0 amide bonds. The van der Waals surface area contributed by atoms with E-state index in [0.29, 0.717) is 18.1 Å². The summed E-state index contributed by atoms with van der Waals surface area (Å²) < 4.78 is 10.9. The fourth-order valence-corrected chi connectivity index (χ4v) is 1.48. The summed E-state index contributed by atoms with van der Waals surface area (Å²) in [6.45, 7) is 2.74. The molecule has 0 N–H and O–H groups in total. The van der Waals surface area contributed by atoms with Gasteiger partial charge in [0.1, 0.15) is 17.7 Å². The van der Waals surface area contributed by atoms with Crippen molar-refractivity contribution in [2.75, 3.05) is 13.7 Å². The van der Waals surface area contributed by atoms with Crippen LogP contribution in [0.4, 0.5) is 0 Å². The van der Waals surface area contributed by atoms with Gasteiger partial charge in [-0.1, -0.05) is 19.4 Å². The number of methoxy groups -OCH3 is 1. The van der Waals surface area contributed by atoms with Crippen LogP contribution in [0, 0.1) is 22.7 Å². The van der Waals surface area contributed by atoms with Crippen molar-refractivity contribution >= 4 is 6.08 Å². The van der Waals surface area contributed by atoms with E-state index in [-0.39, 0.29) is 5.57 Å². The molecule has 0 spiro atoms. The van der Waals surface area contributed by atoms with E-state index in [1.54, 1.807) is 25.3 Å². The molecule has 4 heteroatoms. The SMILES string of the molecule is CCCCOc1ccc(C=C(C#N)C#N)cc1OC. The lowest BCUT2D eigenvalue weighted by atomic mass is 10.1. The molecular formula is C15H16N2O2. The molecule has 0 saturated heterocycles. The van der Waals surface area contributed by atoms with Gasteiger partial charge in [-0.15, -0.1) is 0 Å². The highest BCUT2D eigenvalue weighted by atomic mass is 16.5. The van der Waals surface area contributed by atoms with Gasteiger partial charge in [0.2, 0.25) is 0 Å². The Morgan fingerprint density at radius 1 is 1.26 bits per heavy atom. The van der Waals surface area contributed by atoms with Crippen molar-refractivity contribution in [2.45, 2.75) is 19.8 Å². The third kappa shape index (κ3) is 4.37. The maximum Gasteiger partial charge on any atom is 0.161 e. The first-order valence-corrected chi connectivity index (χ1v) is 6.07. The molecule has 0 unspecified atom stereocenters. The molecule has 0 aliphatic heterocycles. The van der Waals surface area contributed by atoms with E-state index in [1.807, 2.05) is 12.1 Å². The number of hydrogen-bond donors (Lipinski definition) is 0. The van der Waals surface area contributed by atoms with Crippen LogP contribution in [0.25, 0.3) is 6.08 Å². The zero-order valence-corrected chi connectivity index (χ0v) is 11.1. The van der Waals surface area contributed by atoms with Crippen molar-refractivity contribution in [3.63, 3.8) is 0 Å². The molecule has 98 valence electrons. The van der Waals surface area contributed by atoms with Gasteiger partial charge in [0, 0.05) is 0 Å². The molecule has 0 aliphatic carbocycles. The third-order valence-corrected chi connectivity index (χ3v) is 2.50. The molecule has 0 atom stereocenters. The Balaban J connectivity index is 2.94. The van der Waals surface area contributed by atoms with Gasteiger partial charge in [-0.3, -0.25) is 0 Å². The summed E-state index contributed by atoms with van der Waals surface area (Å²) in [5, 5.41) is 17.4. The van der Waals surface area contributed by atoms with E-state index in [2.05, 4.69) is 6.92 Å². The number of ether oxygens (including phenoxy) is 2. The minimum Gasteiger partial charge on any atom is -0.493 e. The van der Waals surface area contributed by atoms with E-state index in [0.717, 1.165) is 18.4 Å². The molecule has 4 nitrogen and oxygen atoms in total. The van der Waals surface area contributed by atoms with Gasteiger partial charge in [0.25, 0.3) is 0 Å². The van der Waals surface area contributed by atoms with Crippen molar-refractivity contribution < 1.29 is 9.47 Å². The van der Waals surface area contributed by atoms with Crippen molar-refractivity contribution in [3.05, 3.63) is 29.3 Å². The van der Waals surface area contributed by atoms with Crippen LogP contribution >= 0.6 is 0 Å². The minimum absolute atomic E-state index is 0.0571. The van der Waals surface area contributed by atoms with Gasteiger partial charge in [-0.05, 0) is 30.2 Å². The van der Waals surface area contributed by atoms with Gasteiger partial charge in [-0.2, -0.15) is 10.5 Å². The molecule has 19 heavy (non-hydrogen) atoms. The van der Waals surface area contributed by atoms with Crippen LogP contribution in [0.3, 0.4) is 0 Å². The molecule has 0 bridgehead atoms. The van der Waals surface area contributed by atoms with Gasteiger partial charge in [0.05, 0.1) is 13.7 Å². The number of rotatable bonds is 6. The predicted molar refractivity (Wildman–Crippen MR) is 72.6 cm³/mol. The average molecular weight is 256 g/mol. The van der Waals surface area contributed by atoms with Crippen LogP contribution < -0.4 is 9.47 Å². The standard InChI is InChI=1S/C15H16N2O2/c1-3-4-7-19-14-6-5-12(9-15(14)18-2)8-13(10-16)11-17/h5-6,8-9H,3-4,7H2,1-2H3. The zero-order valence-electron chi connectivity index (χ0n) is 11.1. The minimum atomic E-state index is 0.0571. The Labute approximate surface area is 113 Å². The van der Waals surface area contributed by atoms with Crippen LogP contribution in [-0.2, 0) is 0 Å². The Morgan fingerprint density at radius 3 is 2.58 bits per heavy atom. The van der Waals surface area contributed by atoms with Gasteiger partial charge < -0.3 is 9.47 Å². The number of hydrogen-bond acceptors (Lipinski definition) is 4. The van der Waals surface area contributed by atoms with Crippen LogP contribution in [0.1, 0.15) is 25.3 Å². The van der Waals surface area contributed by atoms with Gasteiger partial charge >= 0.3 is 0 Å². The van der Waals surface area contributed by atoms with Crippen molar-refractivity contribution in [1.29, 1.82) is 10.5 Å². The van der Waals surface area contributed by atoms with Crippen LogP contribution in [-0.4, -0.2) is 13.7 Å². The first-order valence-electron chi connectivity index (χ1n) is 6.07. The van der Waals surface area contributed by atoms with E-state index in [1.165, 1.54) is 6.08 Å². The highest BCUT2D eigenvalue weighted by molar-refractivity contribution is 5.64. The van der Waals surface area contributed by atoms with Crippen LogP contribution in [0.2, 0.25) is 0 Å². The Hall–Kier alpha value is -2.46. The van der Waals surface area contributed by atoms with Gasteiger partial charge in [-0.25, -0.2) is 0 Å². The summed E-state index contributed by atoms with van der Waals surface area (Å²) >= 11 is 0. The lowest BCUT2D eigenvalue weighted by Gasteiger charge is -2.10.